The summed E-state index contributed by atoms with van der Waals surface area (Å²) in [6.07, 6.45) is 1.30. The van der Waals surface area contributed by atoms with Crippen molar-refractivity contribution in [1.82, 2.24) is 5.32 Å². The van der Waals surface area contributed by atoms with Crippen LogP contribution in [0.2, 0.25) is 0 Å². The van der Waals surface area contributed by atoms with Gasteiger partial charge in [-0.1, -0.05) is 6.58 Å². The van der Waals surface area contributed by atoms with E-state index in [0.717, 1.165) is 6.08 Å². The monoisotopic (exact) mass is 207 g/mol. The molecule has 1 amide bonds. The standard InChI is InChI=1S/C7H14NO4P/c1-4-7(9)8-5-6-13(10,11-2)12-3/h4H,1,5-6H2,2-3H3,(H,8,9). The molecule has 76 valence electrons. The van der Waals surface area contributed by atoms with Crippen LogP contribution in [0.4, 0.5) is 0 Å². The van der Waals surface area contributed by atoms with Crippen LogP contribution in [0.5, 0.6) is 0 Å². The van der Waals surface area contributed by atoms with Crippen molar-refractivity contribution in [1.29, 1.82) is 0 Å². The van der Waals surface area contributed by atoms with Crippen molar-refractivity contribution in [2.45, 2.75) is 0 Å². The minimum absolute atomic E-state index is 0.152. The van der Waals surface area contributed by atoms with Gasteiger partial charge < -0.3 is 14.4 Å². The zero-order chi connectivity index (χ0) is 10.3. The Morgan fingerprint density at radius 1 is 1.54 bits per heavy atom. The Morgan fingerprint density at radius 3 is 2.46 bits per heavy atom. The molecule has 0 aliphatic carbocycles. The molecule has 0 aliphatic heterocycles. The third-order valence-corrected chi connectivity index (χ3v) is 3.31. The fraction of sp³-hybridized carbons (Fsp3) is 0.571. The predicted octanol–water partition coefficient (Wildman–Crippen LogP) is 0.774. The highest BCUT2D eigenvalue weighted by molar-refractivity contribution is 7.53. The number of nitrogens with one attached hydrogen (secondary N) is 1. The highest BCUT2D eigenvalue weighted by atomic mass is 31.2. The van der Waals surface area contributed by atoms with E-state index in [9.17, 15) is 9.36 Å². The molecule has 0 unspecified atom stereocenters. The van der Waals surface area contributed by atoms with Crippen LogP contribution in [0.1, 0.15) is 0 Å². The molecule has 6 heteroatoms. The van der Waals surface area contributed by atoms with Crippen LogP contribution >= 0.6 is 7.60 Å². The summed E-state index contributed by atoms with van der Waals surface area (Å²) in [5.74, 6) is -0.307. The smallest absolute Gasteiger partial charge is 0.331 e. The summed E-state index contributed by atoms with van der Waals surface area (Å²) in [4.78, 5) is 10.7. The summed E-state index contributed by atoms with van der Waals surface area (Å²) in [5, 5.41) is 2.47. The lowest BCUT2D eigenvalue weighted by atomic mass is 10.6. The van der Waals surface area contributed by atoms with Crippen LogP contribution in [0.25, 0.3) is 0 Å². The van der Waals surface area contributed by atoms with Crippen LogP contribution in [0.15, 0.2) is 12.7 Å². The van der Waals surface area contributed by atoms with E-state index < -0.39 is 7.60 Å². The van der Waals surface area contributed by atoms with Crippen LogP contribution in [0, 0.1) is 0 Å². The zero-order valence-electron chi connectivity index (χ0n) is 7.78. The Labute approximate surface area is 77.6 Å². The number of hydrogen-bond donors (Lipinski definition) is 1. The summed E-state index contributed by atoms with van der Waals surface area (Å²) in [5.41, 5.74) is 0. The molecule has 0 rings (SSSR count). The molecule has 0 bridgehead atoms. The van der Waals surface area contributed by atoms with Gasteiger partial charge in [-0.2, -0.15) is 0 Å². The second-order valence-corrected chi connectivity index (χ2v) is 4.59. The maximum atomic E-state index is 11.4. The summed E-state index contributed by atoms with van der Waals surface area (Å²) in [6.45, 7) is 3.51. The van der Waals surface area contributed by atoms with E-state index in [1.165, 1.54) is 14.2 Å². The lowest BCUT2D eigenvalue weighted by Gasteiger charge is -2.12. The van der Waals surface area contributed by atoms with Crippen molar-refractivity contribution in [3.63, 3.8) is 0 Å². The predicted molar refractivity (Wildman–Crippen MR) is 49.7 cm³/mol. The Morgan fingerprint density at radius 2 is 2.08 bits per heavy atom. The SMILES string of the molecule is C=CC(=O)NCCP(=O)(OC)OC. The molecule has 0 atom stereocenters. The van der Waals surface area contributed by atoms with Crippen molar-refractivity contribution in [3.05, 3.63) is 12.7 Å². The van der Waals surface area contributed by atoms with E-state index in [-0.39, 0.29) is 18.6 Å². The third-order valence-electron chi connectivity index (χ3n) is 1.43. The quantitative estimate of drug-likeness (QED) is 0.516. The lowest BCUT2D eigenvalue weighted by Crippen LogP contribution is -2.24. The highest BCUT2D eigenvalue weighted by Crippen LogP contribution is 2.45. The number of amides is 1. The number of hydrogen-bond acceptors (Lipinski definition) is 4. The molecule has 0 radical (unpaired) electrons. The molecule has 0 aromatic heterocycles. The highest BCUT2D eigenvalue weighted by Gasteiger charge is 2.19. The minimum Gasteiger partial charge on any atom is -0.352 e. The molecule has 0 aliphatic rings. The van der Waals surface area contributed by atoms with Crippen molar-refractivity contribution < 1.29 is 18.4 Å². The van der Waals surface area contributed by atoms with E-state index in [0.29, 0.717) is 0 Å². The van der Waals surface area contributed by atoms with Crippen molar-refractivity contribution in [2.75, 3.05) is 26.9 Å². The van der Waals surface area contributed by atoms with Gasteiger partial charge in [-0.05, 0) is 6.08 Å². The largest absolute Gasteiger partial charge is 0.352 e. The summed E-state index contributed by atoms with van der Waals surface area (Å²) >= 11 is 0. The molecular formula is C7H14NO4P. The van der Waals surface area contributed by atoms with Gasteiger partial charge in [-0.3, -0.25) is 9.36 Å². The fourth-order valence-electron chi connectivity index (χ4n) is 0.645. The molecule has 13 heavy (non-hydrogen) atoms. The van der Waals surface area contributed by atoms with Gasteiger partial charge in [0.1, 0.15) is 0 Å². The van der Waals surface area contributed by atoms with Gasteiger partial charge in [0.05, 0.1) is 6.16 Å². The van der Waals surface area contributed by atoms with Crippen molar-refractivity contribution in [2.24, 2.45) is 0 Å². The van der Waals surface area contributed by atoms with Crippen LogP contribution in [-0.2, 0) is 18.4 Å². The molecule has 0 heterocycles. The van der Waals surface area contributed by atoms with E-state index in [1.807, 2.05) is 0 Å². The average molecular weight is 207 g/mol. The second-order valence-electron chi connectivity index (χ2n) is 2.19. The normalized spacial score (nSPS) is 10.9. The molecular weight excluding hydrogens is 193 g/mol. The van der Waals surface area contributed by atoms with Crippen LogP contribution < -0.4 is 5.32 Å². The molecule has 1 N–H and O–H groups in total. The second kappa shape index (κ2) is 5.91. The van der Waals surface area contributed by atoms with Gasteiger partial charge in [0, 0.05) is 20.8 Å². The topological polar surface area (TPSA) is 64.6 Å². The Balaban J connectivity index is 3.81. The molecule has 0 aromatic rings. The summed E-state index contributed by atoms with van der Waals surface area (Å²) in [7, 11) is -0.387. The lowest BCUT2D eigenvalue weighted by molar-refractivity contribution is -0.116. The van der Waals surface area contributed by atoms with Gasteiger partial charge in [0.15, 0.2) is 0 Å². The van der Waals surface area contributed by atoms with E-state index in [4.69, 9.17) is 0 Å². The Bertz CT molecular complexity index is 221. The maximum absolute atomic E-state index is 11.4. The Kier molecular flexibility index (Phi) is 5.62. The van der Waals surface area contributed by atoms with Gasteiger partial charge in [-0.25, -0.2) is 0 Å². The average Bonchev–Trinajstić information content (AvgIpc) is 2.17. The number of carbonyl (C=O) groups is 1. The molecule has 0 aromatic carbocycles. The van der Waals surface area contributed by atoms with Gasteiger partial charge in [0.25, 0.3) is 0 Å². The maximum Gasteiger partial charge on any atom is 0.331 e. The summed E-state index contributed by atoms with van der Waals surface area (Å²) < 4.78 is 20.7. The molecule has 5 nitrogen and oxygen atoms in total. The first kappa shape index (κ1) is 12.4. The fourth-order valence-corrected chi connectivity index (χ4v) is 1.55. The zero-order valence-corrected chi connectivity index (χ0v) is 8.67. The number of carbonyl (C=O) groups excluding carboxylic acids is 1. The summed E-state index contributed by atoms with van der Waals surface area (Å²) in [6, 6.07) is 0. The van der Waals surface area contributed by atoms with E-state index in [2.05, 4.69) is 20.9 Å². The van der Waals surface area contributed by atoms with E-state index in [1.54, 1.807) is 0 Å². The first-order valence-electron chi connectivity index (χ1n) is 3.69. The molecule has 0 saturated heterocycles. The van der Waals surface area contributed by atoms with Crippen LogP contribution in [-0.4, -0.2) is 32.8 Å². The van der Waals surface area contributed by atoms with Crippen molar-refractivity contribution >= 4 is 13.5 Å². The first-order chi connectivity index (χ1) is 6.08. The van der Waals surface area contributed by atoms with Gasteiger partial charge in [0.2, 0.25) is 5.91 Å². The molecule has 0 saturated carbocycles. The van der Waals surface area contributed by atoms with Crippen molar-refractivity contribution in [3.8, 4) is 0 Å². The molecule has 0 fully saturated rings. The third kappa shape index (κ3) is 4.83. The van der Waals surface area contributed by atoms with Crippen LogP contribution in [0.3, 0.4) is 0 Å². The van der Waals surface area contributed by atoms with Gasteiger partial charge >= 0.3 is 7.60 Å². The van der Waals surface area contributed by atoms with Gasteiger partial charge in [-0.15, -0.1) is 0 Å². The first-order valence-corrected chi connectivity index (χ1v) is 5.41. The minimum atomic E-state index is -3.00. The van der Waals surface area contributed by atoms with E-state index >= 15 is 0 Å². The number of rotatable bonds is 6. The molecule has 0 spiro atoms. The Hall–Kier alpha value is -0.640.